The van der Waals surface area contributed by atoms with E-state index < -0.39 is 0 Å². The van der Waals surface area contributed by atoms with E-state index in [0.717, 1.165) is 18.8 Å². The van der Waals surface area contributed by atoms with Crippen molar-refractivity contribution < 1.29 is 9.47 Å². The zero-order chi connectivity index (χ0) is 14.4. The predicted octanol–water partition coefficient (Wildman–Crippen LogP) is 3.48. The first-order valence-electron chi connectivity index (χ1n) is 7.75. The van der Waals surface area contributed by atoms with E-state index >= 15 is 0 Å². The highest BCUT2D eigenvalue weighted by Crippen LogP contribution is 2.35. The second-order valence-corrected chi connectivity index (χ2v) is 5.51. The highest BCUT2D eigenvalue weighted by molar-refractivity contribution is 5.42. The smallest absolute Gasteiger partial charge is 0.119 e. The molecular weight excluding hydrogens is 250 g/mol. The molecule has 1 N–H and O–H groups in total. The van der Waals surface area contributed by atoms with Crippen LogP contribution in [0, 0.1) is 0 Å². The zero-order valence-corrected chi connectivity index (χ0v) is 12.9. The third-order valence-corrected chi connectivity index (χ3v) is 4.12. The maximum absolute atomic E-state index is 6.11. The van der Waals surface area contributed by atoms with Gasteiger partial charge in [0.2, 0.25) is 0 Å². The van der Waals surface area contributed by atoms with E-state index in [-0.39, 0.29) is 12.1 Å². The van der Waals surface area contributed by atoms with Crippen molar-refractivity contribution in [2.75, 3.05) is 20.8 Å². The number of ether oxygens (including phenoxy) is 2. The Morgan fingerprint density at radius 1 is 1.25 bits per heavy atom. The second-order valence-electron chi connectivity index (χ2n) is 5.51. The fraction of sp³-hybridized carbons (Fsp3) is 0.647. The average molecular weight is 277 g/mol. The topological polar surface area (TPSA) is 30.5 Å². The number of methoxy groups -OCH3 is 1. The van der Waals surface area contributed by atoms with Crippen molar-refractivity contribution in [3.8, 4) is 5.75 Å². The van der Waals surface area contributed by atoms with Gasteiger partial charge in [-0.15, -0.1) is 0 Å². The summed E-state index contributed by atoms with van der Waals surface area (Å²) in [5.74, 6) is 0.924. The first kappa shape index (κ1) is 15.3. The van der Waals surface area contributed by atoms with Gasteiger partial charge in [-0.3, -0.25) is 0 Å². The molecule has 20 heavy (non-hydrogen) atoms. The molecule has 0 aliphatic heterocycles. The molecule has 0 spiro atoms. The minimum Gasteiger partial charge on any atom is -0.497 e. The first-order chi connectivity index (χ1) is 9.80. The van der Waals surface area contributed by atoms with E-state index in [0.29, 0.717) is 0 Å². The maximum atomic E-state index is 6.11. The van der Waals surface area contributed by atoms with Gasteiger partial charge in [0.05, 0.1) is 19.3 Å². The van der Waals surface area contributed by atoms with Gasteiger partial charge in [-0.2, -0.15) is 0 Å². The van der Waals surface area contributed by atoms with E-state index in [2.05, 4.69) is 24.4 Å². The molecule has 0 radical (unpaired) electrons. The number of hydrogen-bond acceptors (Lipinski definition) is 3. The molecule has 1 aromatic rings. The van der Waals surface area contributed by atoms with Gasteiger partial charge < -0.3 is 14.8 Å². The SMILES string of the molecule is CCCCCCOC1Cc2ccc(OC)cc2C1NC. The first-order valence-corrected chi connectivity index (χ1v) is 7.75. The number of unbranched alkanes of at least 4 members (excludes halogenated alkanes) is 3. The van der Waals surface area contributed by atoms with Crippen molar-refractivity contribution in [1.29, 1.82) is 0 Å². The average Bonchev–Trinajstić information content (AvgIpc) is 2.83. The minimum absolute atomic E-state index is 0.253. The number of nitrogens with one attached hydrogen (secondary N) is 1. The summed E-state index contributed by atoms with van der Waals surface area (Å²) in [4.78, 5) is 0. The lowest BCUT2D eigenvalue weighted by Crippen LogP contribution is -2.28. The van der Waals surface area contributed by atoms with Crippen LogP contribution in [0.25, 0.3) is 0 Å². The van der Waals surface area contributed by atoms with Gasteiger partial charge >= 0.3 is 0 Å². The second kappa shape index (κ2) is 7.65. The van der Waals surface area contributed by atoms with Gasteiger partial charge in [0.1, 0.15) is 5.75 Å². The van der Waals surface area contributed by atoms with Crippen LogP contribution in [-0.2, 0) is 11.2 Å². The largest absolute Gasteiger partial charge is 0.497 e. The quantitative estimate of drug-likeness (QED) is 0.738. The fourth-order valence-electron chi connectivity index (χ4n) is 2.97. The molecule has 0 saturated heterocycles. The van der Waals surface area contributed by atoms with Crippen LogP contribution in [0.3, 0.4) is 0 Å². The summed E-state index contributed by atoms with van der Waals surface area (Å²) in [6.07, 6.45) is 6.27. The molecule has 0 fully saturated rings. The molecule has 0 bridgehead atoms. The predicted molar refractivity (Wildman–Crippen MR) is 82.4 cm³/mol. The Labute approximate surface area is 122 Å². The molecule has 112 valence electrons. The van der Waals surface area contributed by atoms with Gasteiger partial charge in [0, 0.05) is 13.0 Å². The van der Waals surface area contributed by atoms with Crippen LogP contribution >= 0.6 is 0 Å². The molecule has 1 aliphatic carbocycles. The summed E-state index contributed by atoms with van der Waals surface area (Å²) in [5.41, 5.74) is 2.70. The Bertz CT molecular complexity index is 419. The van der Waals surface area contributed by atoms with Gasteiger partial charge in [-0.1, -0.05) is 32.3 Å². The molecule has 3 nitrogen and oxygen atoms in total. The standard InChI is InChI=1S/C17H27NO2/c1-4-5-6-7-10-20-16-11-13-8-9-14(19-3)12-15(13)17(16)18-2/h8-9,12,16-18H,4-7,10-11H2,1-3H3. The molecule has 0 aromatic heterocycles. The number of likely N-dealkylation sites (N-methyl/N-ethyl adjacent to an activating group) is 1. The van der Waals surface area contributed by atoms with Crippen molar-refractivity contribution in [2.24, 2.45) is 0 Å². The molecule has 0 heterocycles. The maximum Gasteiger partial charge on any atom is 0.119 e. The molecule has 1 aromatic carbocycles. The lowest BCUT2D eigenvalue weighted by Gasteiger charge is -2.20. The van der Waals surface area contributed by atoms with Crippen LogP contribution in [0.2, 0.25) is 0 Å². The molecule has 0 saturated carbocycles. The van der Waals surface area contributed by atoms with E-state index in [1.165, 1.54) is 36.8 Å². The van der Waals surface area contributed by atoms with Crippen molar-refractivity contribution in [2.45, 2.75) is 51.2 Å². The van der Waals surface area contributed by atoms with Crippen LogP contribution in [0.4, 0.5) is 0 Å². The third kappa shape index (κ3) is 3.53. The summed E-state index contributed by atoms with van der Waals surface area (Å²) in [6.45, 7) is 3.10. The zero-order valence-electron chi connectivity index (χ0n) is 12.9. The van der Waals surface area contributed by atoms with Gasteiger partial charge in [-0.05, 0) is 36.7 Å². The van der Waals surface area contributed by atoms with E-state index in [1.54, 1.807) is 7.11 Å². The van der Waals surface area contributed by atoms with Crippen molar-refractivity contribution in [3.63, 3.8) is 0 Å². The minimum atomic E-state index is 0.253. The van der Waals surface area contributed by atoms with Crippen LogP contribution < -0.4 is 10.1 Å². The van der Waals surface area contributed by atoms with E-state index in [4.69, 9.17) is 9.47 Å². The Balaban J connectivity index is 1.93. The fourth-order valence-corrected chi connectivity index (χ4v) is 2.97. The van der Waals surface area contributed by atoms with E-state index in [1.807, 2.05) is 13.1 Å². The van der Waals surface area contributed by atoms with Crippen molar-refractivity contribution in [1.82, 2.24) is 5.32 Å². The summed E-state index contributed by atoms with van der Waals surface area (Å²) in [6, 6.07) is 6.62. The molecular formula is C17H27NO2. The van der Waals surface area contributed by atoms with Crippen molar-refractivity contribution >= 4 is 0 Å². The highest BCUT2D eigenvalue weighted by atomic mass is 16.5. The molecule has 2 rings (SSSR count). The third-order valence-electron chi connectivity index (χ3n) is 4.12. The molecule has 2 unspecified atom stereocenters. The van der Waals surface area contributed by atoms with Gasteiger partial charge in [0.15, 0.2) is 0 Å². The monoisotopic (exact) mass is 277 g/mol. The number of hydrogen-bond donors (Lipinski definition) is 1. The molecule has 2 atom stereocenters. The summed E-state index contributed by atoms with van der Waals surface area (Å²) >= 11 is 0. The summed E-state index contributed by atoms with van der Waals surface area (Å²) < 4.78 is 11.4. The number of benzene rings is 1. The lowest BCUT2D eigenvalue weighted by molar-refractivity contribution is 0.0342. The van der Waals surface area contributed by atoms with Crippen LogP contribution in [0.15, 0.2) is 18.2 Å². The number of fused-ring (bicyclic) bond motifs is 1. The summed E-state index contributed by atoms with van der Waals surface area (Å²) in [7, 11) is 3.72. The Hall–Kier alpha value is -1.06. The van der Waals surface area contributed by atoms with Crippen LogP contribution in [0.1, 0.15) is 49.8 Å². The van der Waals surface area contributed by atoms with E-state index in [9.17, 15) is 0 Å². The van der Waals surface area contributed by atoms with Crippen LogP contribution in [-0.4, -0.2) is 26.9 Å². The number of rotatable bonds is 8. The molecule has 1 aliphatic rings. The Kier molecular flexibility index (Phi) is 5.86. The highest BCUT2D eigenvalue weighted by Gasteiger charge is 2.32. The van der Waals surface area contributed by atoms with Crippen LogP contribution in [0.5, 0.6) is 5.75 Å². The summed E-state index contributed by atoms with van der Waals surface area (Å²) in [5, 5.41) is 3.39. The normalized spacial score (nSPS) is 20.9. The van der Waals surface area contributed by atoms with Gasteiger partial charge in [0.25, 0.3) is 0 Å². The lowest BCUT2D eigenvalue weighted by atomic mass is 10.1. The van der Waals surface area contributed by atoms with Crippen molar-refractivity contribution in [3.05, 3.63) is 29.3 Å². The Morgan fingerprint density at radius 2 is 2.10 bits per heavy atom. The Morgan fingerprint density at radius 3 is 2.80 bits per heavy atom. The van der Waals surface area contributed by atoms with Gasteiger partial charge in [-0.25, -0.2) is 0 Å². The molecule has 0 amide bonds. The molecule has 3 heteroatoms.